The third-order valence-electron chi connectivity index (χ3n) is 3.14. The highest BCUT2D eigenvalue weighted by atomic mass is 16.1. The highest BCUT2D eigenvalue weighted by Gasteiger charge is 2.06. The minimum atomic E-state index is 0.623. The van der Waals surface area contributed by atoms with Crippen LogP contribution >= 0.6 is 0 Å². The van der Waals surface area contributed by atoms with Crippen LogP contribution in [0.1, 0.15) is 66.7 Å². The van der Waals surface area contributed by atoms with Crippen molar-refractivity contribution < 1.29 is 4.79 Å². The van der Waals surface area contributed by atoms with Crippen molar-refractivity contribution in [1.29, 1.82) is 0 Å². The molecule has 0 bridgehead atoms. The van der Waals surface area contributed by atoms with E-state index in [-0.39, 0.29) is 0 Å². The first-order chi connectivity index (χ1) is 8.60. The van der Waals surface area contributed by atoms with Crippen LogP contribution < -0.4 is 0 Å². The fourth-order valence-corrected chi connectivity index (χ4v) is 2.11. The third-order valence-corrected chi connectivity index (χ3v) is 3.14. The van der Waals surface area contributed by atoms with Crippen molar-refractivity contribution >= 4 is 6.29 Å². The molecule has 0 radical (unpaired) electrons. The molecule has 0 aliphatic carbocycles. The zero-order valence-corrected chi connectivity index (χ0v) is 13.5. The van der Waals surface area contributed by atoms with Gasteiger partial charge >= 0.3 is 0 Å². The Morgan fingerprint density at radius 3 is 1.89 bits per heavy atom. The summed E-state index contributed by atoms with van der Waals surface area (Å²) >= 11 is 0. The molecular weight excluding hydrogens is 222 g/mol. The second-order valence-electron chi connectivity index (χ2n) is 5.32. The quantitative estimate of drug-likeness (QED) is 0.681. The maximum Gasteiger partial charge on any atom is 0.120 e. The monoisotopic (exact) mass is 257 g/mol. The number of nitrogens with zero attached hydrogens (tertiary/aromatic N) is 1. The Kier molecular flexibility index (Phi) is 16.3. The van der Waals surface area contributed by atoms with E-state index in [0.717, 1.165) is 25.0 Å². The molecule has 0 spiro atoms. The normalized spacial score (nSPS) is 16.4. The maximum atomic E-state index is 10.2. The summed E-state index contributed by atoms with van der Waals surface area (Å²) in [6, 6.07) is 0. The Morgan fingerprint density at radius 2 is 1.67 bits per heavy atom. The number of likely N-dealkylation sites (tertiary alicyclic amines) is 1. The molecule has 0 saturated carbocycles. The molecule has 1 rings (SSSR count). The summed E-state index contributed by atoms with van der Waals surface area (Å²) < 4.78 is 0. The number of hydrogen-bond donors (Lipinski definition) is 0. The van der Waals surface area contributed by atoms with Crippen LogP contribution in [0.2, 0.25) is 0 Å². The molecule has 0 amide bonds. The molecule has 2 nitrogen and oxygen atoms in total. The summed E-state index contributed by atoms with van der Waals surface area (Å²) in [5.74, 6) is 1.35. The van der Waals surface area contributed by atoms with Crippen molar-refractivity contribution in [3.63, 3.8) is 0 Å². The van der Waals surface area contributed by atoms with Crippen LogP contribution in [0.4, 0.5) is 0 Å². The van der Waals surface area contributed by atoms with Crippen LogP contribution in [0.3, 0.4) is 0 Å². The van der Waals surface area contributed by atoms with E-state index in [1.54, 1.807) is 0 Å². The molecule has 2 heteroatoms. The number of aldehydes is 1. The van der Waals surface area contributed by atoms with Gasteiger partial charge in [0.2, 0.25) is 0 Å². The predicted octanol–water partition coefficient (Wildman–Crippen LogP) is 4.39. The molecular formula is C16H35NO. The largest absolute Gasteiger partial charge is 0.306 e. The molecule has 1 unspecified atom stereocenters. The van der Waals surface area contributed by atoms with Crippen LogP contribution in [-0.4, -0.2) is 31.3 Å². The minimum Gasteiger partial charge on any atom is -0.306 e. The van der Waals surface area contributed by atoms with E-state index >= 15 is 0 Å². The van der Waals surface area contributed by atoms with E-state index in [2.05, 4.69) is 32.7 Å². The van der Waals surface area contributed by atoms with E-state index in [1.807, 2.05) is 13.8 Å². The Bertz CT molecular complexity index is 162. The SMILES string of the molecule is CC.CCC(CC=O)CC(C)C.CN1CCCC1. The summed E-state index contributed by atoms with van der Waals surface area (Å²) in [7, 11) is 2.17. The lowest BCUT2D eigenvalue weighted by Gasteiger charge is -2.13. The molecule has 1 aliphatic rings. The first-order valence-corrected chi connectivity index (χ1v) is 7.72. The van der Waals surface area contributed by atoms with E-state index < -0.39 is 0 Å². The summed E-state index contributed by atoms with van der Waals surface area (Å²) in [5, 5.41) is 0. The van der Waals surface area contributed by atoms with Crippen molar-refractivity contribution in [2.45, 2.75) is 66.7 Å². The predicted molar refractivity (Wildman–Crippen MR) is 82.0 cm³/mol. The van der Waals surface area contributed by atoms with Crippen molar-refractivity contribution in [1.82, 2.24) is 4.90 Å². The van der Waals surface area contributed by atoms with Crippen molar-refractivity contribution in [2.24, 2.45) is 11.8 Å². The summed E-state index contributed by atoms with van der Waals surface area (Å²) in [5.41, 5.74) is 0. The zero-order chi connectivity index (χ0) is 14.4. The van der Waals surface area contributed by atoms with Gasteiger partial charge in [-0.3, -0.25) is 0 Å². The molecule has 1 aliphatic heterocycles. The van der Waals surface area contributed by atoms with Crippen molar-refractivity contribution in [3.8, 4) is 0 Å². The Balaban J connectivity index is 0. The van der Waals surface area contributed by atoms with E-state index in [0.29, 0.717) is 5.92 Å². The standard InChI is InChI=1S/C9H18O.C5H11N.C2H6/c1-4-9(5-6-10)7-8(2)3;1-6-4-2-3-5-6;1-2/h6,8-9H,4-5,7H2,1-3H3;2-5H2,1H3;1-2H3. The van der Waals surface area contributed by atoms with E-state index in [4.69, 9.17) is 0 Å². The highest BCUT2D eigenvalue weighted by Crippen LogP contribution is 2.16. The van der Waals surface area contributed by atoms with Crippen LogP contribution in [0.5, 0.6) is 0 Å². The number of carbonyl (C=O) groups excluding carboxylic acids is 1. The number of hydrogen-bond acceptors (Lipinski definition) is 2. The van der Waals surface area contributed by atoms with Crippen LogP contribution in [0.15, 0.2) is 0 Å². The summed E-state index contributed by atoms with van der Waals surface area (Å²) in [4.78, 5) is 12.5. The van der Waals surface area contributed by atoms with Crippen LogP contribution in [0.25, 0.3) is 0 Å². The molecule has 18 heavy (non-hydrogen) atoms. The highest BCUT2D eigenvalue weighted by molar-refractivity contribution is 5.49. The Morgan fingerprint density at radius 1 is 1.17 bits per heavy atom. The van der Waals surface area contributed by atoms with Crippen LogP contribution in [0, 0.1) is 11.8 Å². The topological polar surface area (TPSA) is 20.3 Å². The maximum absolute atomic E-state index is 10.2. The smallest absolute Gasteiger partial charge is 0.120 e. The van der Waals surface area contributed by atoms with Crippen molar-refractivity contribution in [2.75, 3.05) is 20.1 Å². The van der Waals surface area contributed by atoms with Gasteiger partial charge in [0, 0.05) is 6.42 Å². The van der Waals surface area contributed by atoms with Gasteiger partial charge in [0.15, 0.2) is 0 Å². The summed E-state index contributed by atoms with van der Waals surface area (Å²) in [6.45, 7) is 13.2. The third kappa shape index (κ3) is 13.7. The number of carbonyl (C=O) groups is 1. The molecule has 0 aromatic heterocycles. The van der Waals surface area contributed by atoms with Gasteiger partial charge in [-0.05, 0) is 51.2 Å². The van der Waals surface area contributed by atoms with Gasteiger partial charge in [0.25, 0.3) is 0 Å². The lowest BCUT2D eigenvalue weighted by atomic mass is 9.93. The van der Waals surface area contributed by atoms with Crippen LogP contribution in [-0.2, 0) is 4.79 Å². The van der Waals surface area contributed by atoms with Gasteiger partial charge in [0.05, 0.1) is 0 Å². The van der Waals surface area contributed by atoms with Gasteiger partial charge < -0.3 is 9.69 Å². The molecule has 110 valence electrons. The fraction of sp³-hybridized carbons (Fsp3) is 0.938. The molecule has 1 fully saturated rings. The Labute approximate surface area is 115 Å². The average molecular weight is 257 g/mol. The second kappa shape index (κ2) is 14.7. The molecule has 0 aromatic carbocycles. The molecule has 1 heterocycles. The minimum absolute atomic E-state index is 0.623. The van der Waals surface area contributed by atoms with Gasteiger partial charge in [-0.25, -0.2) is 0 Å². The first-order valence-electron chi connectivity index (χ1n) is 7.72. The average Bonchev–Trinajstić information content (AvgIpc) is 2.82. The fourth-order valence-electron chi connectivity index (χ4n) is 2.11. The van der Waals surface area contributed by atoms with E-state index in [9.17, 15) is 4.79 Å². The lowest BCUT2D eigenvalue weighted by molar-refractivity contribution is -0.108. The molecule has 1 saturated heterocycles. The van der Waals surface area contributed by atoms with Gasteiger partial charge in [-0.1, -0.05) is 41.0 Å². The molecule has 1 atom stereocenters. The number of rotatable bonds is 5. The zero-order valence-electron chi connectivity index (χ0n) is 13.5. The van der Waals surface area contributed by atoms with E-state index in [1.165, 1.54) is 32.4 Å². The van der Waals surface area contributed by atoms with Gasteiger partial charge in [-0.15, -0.1) is 0 Å². The second-order valence-corrected chi connectivity index (χ2v) is 5.32. The van der Waals surface area contributed by atoms with Gasteiger partial charge in [0.1, 0.15) is 6.29 Å². The van der Waals surface area contributed by atoms with Crippen molar-refractivity contribution in [3.05, 3.63) is 0 Å². The lowest BCUT2D eigenvalue weighted by Crippen LogP contribution is -2.10. The molecule has 0 N–H and O–H groups in total. The van der Waals surface area contributed by atoms with Gasteiger partial charge in [-0.2, -0.15) is 0 Å². The molecule has 0 aromatic rings. The Hall–Kier alpha value is -0.370. The summed E-state index contributed by atoms with van der Waals surface area (Å²) in [6.07, 6.45) is 6.93. The first kappa shape index (κ1) is 20.0.